The number of aryl methyl sites for hydroxylation is 2. The summed E-state index contributed by atoms with van der Waals surface area (Å²) in [4.78, 5) is 27.4. The number of pyridine rings is 1. The van der Waals surface area contributed by atoms with E-state index < -0.39 is 5.97 Å². The molecule has 0 unspecified atom stereocenters. The van der Waals surface area contributed by atoms with Gasteiger partial charge in [0.05, 0.1) is 11.8 Å². The van der Waals surface area contributed by atoms with E-state index >= 15 is 0 Å². The van der Waals surface area contributed by atoms with Gasteiger partial charge in [-0.2, -0.15) is 0 Å². The zero-order valence-corrected chi connectivity index (χ0v) is 11.6. The number of aromatic nitrogens is 2. The van der Waals surface area contributed by atoms with E-state index in [0.29, 0.717) is 17.1 Å². The smallest absolute Gasteiger partial charge is 0.337 e. The Morgan fingerprint density at radius 2 is 2.15 bits per heavy atom. The summed E-state index contributed by atoms with van der Waals surface area (Å²) in [6.45, 7) is 5.30. The average Bonchev–Trinajstić information content (AvgIpc) is 2.81. The van der Waals surface area contributed by atoms with E-state index in [0.717, 1.165) is 12.2 Å². The number of rotatable bonds is 4. The van der Waals surface area contributed by atoms with Gasteiger partial charge in [-0.25, -0.2) is 9.78 Å². The van der Waals surface area contributed by atoms with Crippen LogP contribution in [-0.4, -0.2) is 20.6 Å². The third-order valence-corrected chi connectivity index (χ3v) is 3.22. The molecule has 0 amide bonds. The van der Waals surface area contributed by atoms with Crippen LogP contribution in [0.1, 0.15) is 40.2 Å². The van der Waals surface area contributed by atoms with Crippen molar-refractivity contribution in [2.75, 3.05) is 0 Å². The number of carboxylic acids is 1. The highest BCUT2D eigenvalue weighted by Crippen LogP contribution is 2.13. The van der Waals surface area contributed by atoms with E-state index in [1.165, 1.54) is 10.6 Å². The Morgan fingerprint density at radius 1 is 1.45 bits per heavy atom. The predicted octanol–water partition coefficient (Wildman–Crippen LogP) is 1.76. The standard InChI is InChI=1S/C14H16N2O4/c1-4-10-6-15-11(20-10)7-16-9(3)13(14(18)19)8(2)5-12(16)17/h5-6H,4,7H2,1-3H3,(H,18,19). The van der Waals surface area contributed by atoms with Crippen molar-refractivity contribution in [1.82, 2.24) is 9.55 Å². The molecule has 0 spiro atoms. The van der Waals surface area contributed by atoms with E-state index in [-0.39, 0.29) is 17.7 Å². The van der Waals surface area contributed by atoms with Gasteiger partial charge in [0.2, 0.25) is 5.89 Å². The van der Waals surface area contributed by atoms with Crippen LogP contribution in [0.2, 0.25) is 0 Å². The van der Waals surface area contributed by atoms with Gasteiger partial charge in [0.1, 0.15) is 12.3 Å². The summed E-state index contributed by atoms with van der Waals surface area (Å²) < 4.78 is 6.82. The van der Waals surface area contributed by atoms with Gasteiger partial charge >= 0.3 is 5.97 Å². The maximum atomic E-state index is 12.0. The first kappa shape index (κ1) is 14.0. The molecule has 106 valence electrons. The van der Waals surface area contributed by atoms with Crippen molar-refractivity contribution < 1.29 is 14.3 Å². The fourth-order valence-corrected chi connectivity index (χ4v) is 2.16. The Balaban J connectivity index is 2.48. The van der Waals surface area contributed by atoms with Crippen LogP contribution in [0.15, 0.2) is 21.5 Å². The molecule has 0 aliphatic rings. The average molecular weight is 276 g/mol. The first-order valence-corrected chi connectivity index (χ1v) is 6.32. The molecule has 0 aliphatic heterocycles. The van der Waals surface area contributed by atoms with Gasteiger partial charge in [0.15, 0.2) is 0 Å². The summed E-state index contributed by atoms with van der Waals surface area (Å²) in [7, 11) is 0. The number of oxazole rings is 1. The Labute approximate surface area is 115 Å². The fourth-order valence-electron chi connectivity index (χ4n) is 2.16. The van der Waals surface area contributed by atoms with Gasteiger partial charge in [-0.1, -0.05) is 6.92 Å². The highest BCUT2D eigenvalue weighted by atomic mass is 16.4. The van der Waals surface area contributed by atoms with Crippen molar-refractivity contribution in [1.29, 1.82) is 0 Å². The number of hydrogen-bond donors (Lipinski definition) is 1. The molecule has 0 bridgehead atoms. The molecule has 0 radical (unpaired) electrons. The van der Waals surface area contributed by atoms with Crippen LogP contribution in [0, 0.1) is 13.8 Å². The largest absolute Gasteiger partial charge is 0.478 e. The Hall–Kier alpha value is -2.37. The number of carboxylic acid groups (broad SMARTS) is 1. The normalized spacial score (nSPS) is 10.8. The molecular formula is C14H16N2O4. The molecule has 2 aromatic heterocycles. The summed E-state index contributed by atoms with van der Waals surface area (Å²) in [5.41, 5.74) is 0.741. The van der Waals surface area contributed by atoms with Gasteiger partial charge in [-0.15, -0.1) is 0 Å². The molecular weight excluding hydrogens is 260 g/mol. The molecule has 2 aromatic rings. The van der Waals surface area contributed by atoms with E-state index in [4.69, 9.17) is 4.42 Å². The maximum Gasteiger partial charge on any atom is 0.337 e. The van der Waals surface area contributed by atoms with Crippen LogP contribution >= 0.6 is 0 Å². The molecule has 0 fully saturated rings. The molecule has 0 aliphatic carbocycles. The van der Waals surface area contributed by atoms with Crippen LogP contribution in [0.5, 0.6) is 0 Å². The molecule has 1 N–H and O–H groups in total. The Bertz CT molecular complexity index is 712. The highest BCUT2D eigenvalue weighted by molar-refractivity contribution is 5.90. The molecule has 0 atom stereocenters. The molecule has 2 heterocycles. The van der Waals surface area contributed by atoms with Crippen LogP contribution in [0.4, 0.5) is 0 Å². The second-order valence-corrected chi connectivity index (χ2v) is 4.59. The summed E-state index contributed by atoms with van der Waals surface area (Å²) in [6.07, 6.45) is 2.33. The summed E-state index contributed by atoms with van der Waals surface area (Å²) >= 11 is 0. The first-order valence-electron chi connectivity index (χ1n) is 6.32. The molecule has 0 aromatic carbocycles. The SMILES string of the molecule is CCc1cnc(Cn2c(C)c(C(=O)O)c(C)cc2=O)o1. The summed E-state index contributed by atoms with van der Waals surface area (Å²) in [5.74, 6) is 0.0823. The zero-order chi connectivity index (χ0) is 14.9. The van der Waals surface area contributed by atoms with Gasteiger partial charge in [0, 0.05) is 18.2 Å². The Kier molecular flexibility index (Phi) is 3.74. The molecule has 6 heteroatoms. The predicted molar refractivity (Wildman–Crippen MR) is 72.1 cm³/mol. The second-order valence-electron chi connectivity index (χ2n) is 4.59. The third-order valence-electron chi connectivity index (χ3n) is 3.22. The van der Waals surface area contributed by atoms with E-state index in [9.17, 15) is 14.7 Å². The molecule has 20 heavy (non-hydrogen) atoms. The summed E-state index contributed by atoms with van der Waals surface area (Å²) in [5, 5.41) is 9.22. The van der Waals surface area contributed by atoms with Crippen molar-refractivity contribution in [2.45, 2.75) is 33.7 Å². The fraction of sp³-hybridized carbons (Fsp3) is 0.357. The van der Waals surface area contributed by atoms with Crippen molar-refractivity contribution in [3.63, 3.8) is 0 Å². The van der Waals surface area contributed by atoms with Crippen LogP contribution in [-0.2, 0) is 13.0 Å². The highest BCUT2D eigenvalue weighted by Gasteiger charge is 2.17. The lowest BCUT2D eigenvalue weighted by Crippen LogP contribution is -2.26. The number of aromatic carboxylic acids is 1. The minimum atomic E-state index is -1.05. The van der Waals surface area contributed by atoms with Crippen LogP contribution in [0.25, 0.3) is 0 Å². The van der Waals surface area contributed by atoms with Crippen LogP contribution in [0.3, 0.4) is 0 Å². The van der Waals surface area contributed by atoms with Crippen LogP contribution < -0.4 is 5.56 Å². The summed E-state index contributed by atoms with van der Waals surface area (Å²) in [6, 6.07) is 1.32. The Morgan fingerprint density at radius 3 is 2.70 bits per heavy atom. The zero-order valence-electron chi connectivity index (χ0n) is 11.6. The third kappa shape index (κ3) is 2.49. The minimum Gasteiger partial charge on any atom is -0.478 e. The molecule has 6 nitrogen and oxygen atoms in total. The van der Waals surface area contributed by atoms with E-state index in [2.05, 4.69) is 4.98 Å². The van der Waals surface area contributed by atoms with E-state index in [1.807, 2.05) is 6.92 Å². The molecule has 0 saturated carbocycles. The number of carbonyl (C=O) groups is 1. The second kappa shape index (κ2) is 5.32. The van der Waals surface area contributed by atoms with Gasteiger partial charge in [-0.05, 0) is 19.4 Å². The first-order chi connectivity index (χ1) is 9.43. The van der Waals surface area contributed by atoms with Gasteiger partial charge in [-0.3, -0.25) is 4.79 Å². The number of nitrogens with zero attached hydrogens (tertiary/aromatic N) is 2. The van der Waals surface area contributed by atoms with Crippen molar-refractivity contribution in [3.05, 3.63) is 51.1 Å². The number of hydrogen-bond acceptors (Lipinski definition) is 4. The lowest BCUT2D eigenvalue weighted by Gasteiger charge is -2.12. The maximum absolute atomic E-state index is 12.0. The molecule has 0 saturated heterocycles. The van der Waals surface area contributed by atoms with Gasteiger partial charge < -0.3 is 14.1 Å². The van der Waals surface area contributed by atoms with Crippen molar-refractivity contribution >= 4 is 5.97 Å². The monoisotopic (exact) mass is 276 g/mol. The quantitative estimate of drug-likeness (QED) is 0.919. The van der Waals surface area contributed by atoms with Gasteiger partial charge in [0.25, 0.3) is 5.56 Å². The molecule has 2 rings (SSSR count). The topological polar surface area (TPSA) is 85.3 Å². The van der Waals surface area contributed by atoms with Crippen molar-refractivity contribution in [2.24, 2.45) is 0 Å². The lowest BCUT2D eigenvalue weighted by molar-refractivity contribution is 0.0694. The minimum absolute atomic E-state index is 0.130. The lowest BCUT2D eigenvalue weighted by atomic mass is 10.1. The van der Waals surface area contributed by atoms with Crippen molar-refractivity contribution in [3.8, 4) is 0 Å². The van der Waals surface area contributed by atoms with E-state index in [1.54, 1.807) is 20.0 Å².